The molecule has 0 spiro atoms. The summed E-state index contributed by atoms with van der Waals surface area (Å²) in [5, 5.41) is 0. The number of esters is 1. The highest BCUT2D eigenvalue weighted by molar-refractivity contribution is 5.74. The normalized spacial score (nSPS) is 11.0. The summed E-state index contributed by atoms with van der Waals surface area (Å²) in [5.41, 5.74) is 5.54. The first-order valence-electron chi connectivity index (χ1n) is 10.6. The molecule has 3 aromatic rings. The van der Waals surface area contributed by atoms with Crippen LogP contribution in [0.4, 0.5) is 5.95 Å². The highest BCUT2D eigenvalue weighted by Gasteiger charge is 2.05. The number of carbonyl (C=O) groups is 1. The molecule has 8 nitrogen and oxygen atoms in total. The molecule has 33 heavy (non-hydrogen) atoms. The Morgan fingerprint density at radius 1 is 1.03 bits per heavy atom. The van der Waals surface area contributed by atoms with E-state index in [-0.39, 0.29) is 12.4 Å². The van der Waals surface area contributed by atoms with E-state index < -0.39 is 0 Å². The lowest BCUT2D eigenvalue weighted by atomic mass is 10.1. The average molecular weight is 449 g/mol. The molecule has 1 aromatic heterocycles. The van der Waals surface area contributed by atoms with E-state index in [1.807, 2.05) is 66.5 Å². The van der Waals surface area contributed by atoms with Gasteiger partial charge in [-0.1, -0.05) is 42.5 Å². The molecule has 1 N–H and O–H groups in total. The van der Waals surface area contributed by atoms with Crippen LogP contribution < -0.4 is 15.1 Å². The smallest absolute Gasteiger partial charge is 0.309 e. The minimum absolute atomic E-state index is 0.148. The van der Waals surface area contributed by atoms with E-state index in [1.165, 1.54) is 7.11 Å². The van der Waals surface area contributed by atoms with Gasteiger partial charge >= 0.3 is 5.97 Å². The van der Waals surface area contributed by atoms with E-state index in [9.17, 15) is 4.79 Å². The third-order valence-electron chi connectivity index (χ3n) is 4.72. The molecule has 0 aliphatic carbocycles. The molecule has 0 atom stereocenters. The maximum atomic E-state index is 11.5. The van der Waals surface area contributed by atoms with E-state index >= 15 is 0 Å². The first-order chi connectivity index (χ1) is 16.2. The van der Waals surface area contributed by atoms with Gasteiger partial charge in [0.1, 0.15) is 12.4 Å². The predicted octanol–water partition coefficient (Wildman–Crippen LogP) is 3.62. The number of hydrogen-bond acceptors (Lipinski definition) is 8. The summed E-state index contributed by atoms with van der Waals surface area (Å²) in [4.78, 5) is 27.5. The van der Waals surface area contributed by atoms with Crippen molar-refractivity contribution in [2.24, 2.45) is 0 Å². The van der Waals surface area contributed by atoms with Crippen molar-refractivity contribution in [3.63, 3.8) is 0 Å². The van der Waals surface area contributed by atoms with Crippen molar-refractivity contribution in [3.8, 4) is 5.75 Å². The van der Waals surface area contributed by atoms with Gasteiger partial charge in [0.2, 0.25) is 5.95 Å². The number of carbonyl (C=O) groups excluding carboxylic acids is 1. The molecule has 8 heteroatoms. The molecular weight excluding hydrogens is 420 g/mol. The van der Waals surface area contributed by atoms with Crippen molar-refractivity contribution >= 4 is 17.6 Å². The zero-order valence-electron chi connectivity index (χ0n) is 18.8. The van der Waals surface area contributed by atoms with Gasteiger partial charge in [0, 0.05) is 19.4 Å². The standard InChI is InChI=1S/C25H28N4O4/c1-29(25-26-15-6-16-27-25)17-18-32-22-11-9-20(10-12-22)19-33-28-23(13-14-24(30)31-2)21-7-4-3-5-8-21/h3-13,15-16,28H,14,17-19H2,1-2H3. The maximum absolute atomic E-state index is 11.5. The van der Waals surface area contributed by atoms with Crippen LogP contribution in [0.5, 0.6) is 5.75 Å². The molecule has 0 fully saturated rings. The SMILES string of the molecule is COC(=O)CC=C(NOCc1ccc(OCCN(C)c2ncccn2)cc1)c1ccccc1. The highest BCUT2D eigenvalue weighted by atomic mass is 16.6. The largest absolute Gasteiger partial charge is 0.492 e. The van der Waals surface area contributed by atoms with Gasteiger partial charge in [0.25, 0.3) is 0 Å². The second-order valence-electron chi connectivity index (χ2n) is 7.12. The number of nitrogens with zero attached hydrogens (tertiary/aromatic N) is 3. The molecule has 0 amide bonds. The Kier molecular flexibility index (Phi) is 9.23. The first-order valence-corrected chi connectivity index (χ1v) is 10.6. The molecule has 0 aliphatic heterocycles. The average Bonchev–Trinajstić information content (AvgIpc) is 2.87. The second kappa shape index (κ2) is 12.8. The zero-order chi connectivity index (χ0) is 23.3. The summed E-state index contributed by atoms with van der Waals surface area (Å²) in [6.45, 7) is 1.52. The van der Waals surface area contributed by atoms with Crippen molar-refractivity contribution in [1.29, 1.82) is 0 Å². The number of aromatic nitrogens is 2. The van der Waals surface area contributed by atoms with Crippen molar-refractivity contribution in [3.05, 3.63) is 90.3 Å². The van der Waals surface area contributed by atoms with Crippen LogP contribution in [0.3, 0.4) is 0 Å². The maximum Gasteiger partial charge on any atom is 0.309 e. The molecule has 0 saturated carbocycles. The number of benzene rings is 2. The molecular formula is C25H28N4O4. The number of nitrogens with one attached hydrogen (secondary N) is 1. The Morgan fingerprint density at radius 3 is 2.45 bits per heavy atom. The number of hydrogen-bond donors (Lipinski definition) is 1. The van der Waals surface area contributed by atoms with Gasteiger partial charge in [-0.05, 0) is 35.4 Å². The van der Waals surface area contributed by atoms with E-state index in [0.717, 1.165) is 16.9 Å². The molecule has 0 saturated heterocycles. The Hall–Kier alpha value is -3.91. The predicted molar refractivity (Wildman–Crippen MR) is 126 cm³/mol. The monoisotopic (exact) mass is 448 g/mol. The quantitative estimate of drug-likeness (QED) is 0.332. The van der Waals surface area contributed by atoms with E-state index in [0.29, 0.717) is 31.4 Å². The van der Waals surface area contributed by atoms with Gasteiger partial charge in [-0.25, -0.2) is 9.97 Å². The van der Waals surface area contributed by atoms with Gasteiger partial charge in [0.05, 0.1) is 32.4 Å². The summed E-state index contributed by atoms with van der Waals surface area (Å²) in [5.74, 6) is 1.12. The molecule has 1 heterocycles. The van der Waals surface area contributed by atoms with Gasteiger partial charge in [-0.3, -0.25) is 15.1 Å². The van der Waals surface area contributed by atoms with E-state index in [4.69, 9.17) is 14.3 Å². The van der Waals surface area contributed by atoms with Crippen molar-refractivity contribution < 1.29 is 19.1 Å². The fourth-order valence-electron chi connectivity index (χ4n) is 2.87. The lowest BCUT2D eigenvalue weighted by molar-refractivity contribution is -0.139. The van der Waals surface area contributed by atoms with Crippen LogP contribution in [0.1, 0.15) is 17.5 Å². The van der Waals surface area contributed by atoms with Crippen LogP contribution >= 0.6 is 0 Å². The van der Waals surface area contributed by atoms with Crippen LogP contribution in [0.15, 0.2) is 79.1 Å². The van der Waals surface area contributed by atoms with Crippen molar-refractivity contribution in [1.82, 2.24) is 15.4 Å². The number of likely N-dealkylation sites (N-methyl/N-ethyl adjacent to an activating group) is 1. The fourth-order valence-corrected chi connectivity index (χ4v) is 2.87. The van der Waals surface area contributed by atoms with Crippen LogP contribution in [0.25, 0.3) is 5.70 Å². The van der Waals surface area contributed by atoms with E-state index in [1.54, 1.807) is 24.5 Å². The van der Waals surface area contributed by atoms with Gasteiger partial charge in [0.15, 0.2) is 0 Å². The summed E-state index contributed by atoms with van der Waals surface area (Å²) in [6, 6.07) is 19.1. The minimum atomic E-state index is -0.316. The lowest BCUT2D eigenvalue weighted by Gasteiger charge is -2.17. The van der Waals surface area contributed by atoms with Crippen LogP contribution in [-0.4, -0.2) is 43.2 Å². The lowest BCUT2D eigenvalue weighted by Crippen LogP contribution is -2.25. The zero-order valence-corrected chi connectivity index (χ0v) is 18.8. The van der Waals surface area contributed by atoms with Gasteiger partial charge in [-0.2, -0.15) is 0 Å². The molecule has 2 aromatic carbocycles. The van der Waals surface area contributed by atoms with Crippen LogP contribution in [0.2, 0.25) is 0 Å². The molecule has 0 radical (unpaired) electrons. The van der Waals surface area contributed by atoms with Crippen LogP contribution in [0, 0.1) is 0 Å². The molecule has 0 bridgehead atoms. The Balaban J connectivity index is 1.46. The molecule has 0 unspecified atom stereocenters. The summed E-state index contributed by atoms with van der Waals surface area (Å²) in [6.07, 6.45) is 5.32. The number of ether oxygens (including phenoxy) is 2. The third kappa shape index (κ3) is 7.93. The molecule has 0 aliphatic rings. The number of hydroxylamine groups is 1. The Morgan fingerprint density at radius 2 is 1.76 bits per heavy atom. The summed E-state index contributed by atoms with van der Waals surface area (Å²) < 4.78 is 10.5. The number of anilines is 1. The first kappa shape index (κ1) is 23.7. The Labute approximate surface area is 193 Å². The molecule has 3 rings (SSSR count). The van der Waals surface area contributed by atoms with Crippen molar-refractivity contribution in [2.45, 2.75) is 13.0 Å². The summed E-state index contributed by atoms with van der Waals surface area (Å²) >= 11 is 0. The van der Waals surface area contributed by atoms with E-state index in [2.05, 4.69) is 15.4 Å². The minimum Gasteiger partial charge on any atom is -0.492 e. The second-order valence-corrected chi connectivity index (χ2v) is 7.12. The molecule has 172 valence electrons. The number of methoxy groups -OCH3 is 1. The van der Waals surface area contributed by atoms with Gasteiger partial charge < -0.3 is 14.4 Å². The van der Waals surface area contributed by atoms with Gasteiger partial charge in [-0.15, -0.1) is 0 Å². The third-order valence-corrected chi connectivity index (χ3v) is 4.72. The summed E-state index contributed by atoms with van der Waals surface area (Å²) in [7, 11) is 3.29. The highest BCUT2D eigenvalue weighted by Crippen LogP contribution is 2.15. The topological polar surface area (TPSA) is 85.8 Å². The van der Waals surface area contributed by atoms with Crippen LogP contribution in [-0.2, 0) is 21.0 Å². The fraction of sp³-hybridized carbons (Fsp3) is 0.240. The van der Waals surface area contributed by atoms with Crippen molar-refractivity contribution in [2.75, 3.05) is 32.2 Å². The number of rotatable bonds is 12. The Bertz CT molecular complexity index is 1010.